The number of halogens is 3. The number of nitrogens with one attached hydrogen (secondary N) is 1. The lowest BCUT2D eigenvalue weighted by atomic mass is 10.1. The van der Waals surface area contributed by atoms with E-state index in [0.717, 1.165) is 23.3 Å². The van der Waals surface area contributed by atoms with Crippen LogP contribution in [0.3, 0.4) is 0 Å². The van der Waals surface area contributed by atoms with Gasteiger partial charge in [0.15, 0.2) is 4.34 Å². The fourth-order valence-electron chi connectivity index (χ4n) is 2.13. The Kier molecular flexibility index (Phi) is 5.81. The lowest BCUT2D eigenvalue weighted by Gasteiger charge is -2.06. The number of alkyl halides is 3. The molecule has 27 heavy (non-hydrogen) atoms. The van der Waals surface area contributed by atoms with Crippen LogP contribution >= 0.6 is 23.1 Å². The predicted molar refractivity (Wildman–Crippen MR) is 100 cm³/mol. The smallest absolute Gasteiger partial charge is 0.296 e. The molecule has 0 radical (unpaired) electrons. The van der Waals surface area contributed by atoms with Gasteiger partial charge in [0.2, 0.25) is 5.13 Å². The van der Waals surface area contributed by atoms with Crippen LogP contribution in [0.5, 0.6) is 0 Å². The highest BCUT2D eigenvalue weighted by Crippen LogP contribution is 2.31. The third-order valence-corrected chi connectivity index (χ3v) is 5.63. The molecule has 1 N–H and O–H groups in total. The van der Waals surface area contributed by atoms with Crippen LogP contribution in [0.2, 0.25) is 0 Å². The minimum absolute atomic E-state index is 0.273. The van der Waals surface area contributed by atoms with Crippen molar-refractivity contribution >= 4 is 34.1 Å². The highest BCUT2D eigenvalue weighted by molar-refractivity contribution is 8.00. The third-order valence-electron chi connectivity index (χ3n) is 3.58. The molecule has 0 saturated carbocycles. The normalized spacial score (nSPS) is 11.4. The summed E-state index contributed by atoms with van der Waals surface area (Å²) in [4.78, 5) is 12.2. The molecule has 0 aliphatic rings. The minimum Gasteiger partial charge on any atom is -0.296 e. The van der Waals surface area contributed by atoms with E-state index in [0.29, 0.717) is 20.8 Å². The Labute approximate surface area is 161 Å². The summed E-state index contributed by atoms with van der Waals surface area (Å²) in [6, 6.07) is 12.2. The van der Waals surface area contributed by atoms with Crippen molar-refractivity contribution < 1.29 is 18.0 Å². The van der Waals surface area contributed by atoms with E-state index < -0.39 is 11.7 Å². The summed E-state index contributed by atoms with van der Waals surface area (Å²) in [5.41, 5.74) is 1.65. The maximum absolute atomic E-state index is 12.6. The first kappa shape index (κ1) is 19.4. The Balaban J connectivity index is 1.56. The Morgan fingerprint density at radius 3 is 2.37 bits per heavy atom. The van der Waals surface area contributed by atoms with E-state index in [1.165, 1.54) is 35.2 Å². The molecule has 0 saturated heterocycles. The number of benzene rings is 2. The minimum atomic E-state index is -4.34. The Morgan fingerprint density at radius 1 is 1.07 bits per heavy atom. The van der Waals surface area contributed by atoms with Gasteiger partial charge in [-0.25, -0.2) is 0 Å². The first-order chi connectivity index (χ1) is 12.8. The SMILES string of the molecule is Cc1ccc(C(=O)Nc2nnc(SCc3ccc(C(F)(F)F)cc3)s2)cc1. The van der Waals surface area contributed by atoms with Gasteiger partial charge >= 0.3 is 6.18 Å². The van der Waals surface area contributed by atoms with Crippen LogP contribution in [-0.2, 0) is 11.9 Å². The summed E-state index contributed by atoms with van der Waals surface area (Å²) < 4.78 is 38.3. The molecule has 3 aromatic rings. The molecule has 0 unspecified atom stereocenters. The van der Waals surface area contributed by atoms with Crippen LogP contribution in [0.25, 0.3) is 0 Å². The Morgan fingerprint density at radius 2 is 1.74 bits per heavy atom. The van der Waals surface area contributed by atoms with Gasteiger partial charge in [-0.1, -0.05) is 52.9 Å². The summed E-state index contributed by atoms with van der Waals surface area (Å²) in [6.45, 7) is 1.94. The molecule has 1 aromatic heterocycles. The van der Waals surface area contributed by atoms with Crippen LogP contribution in [0.4, 0.5) is 18.3 Å². The molecule has 1 heterocycles. The average molecular weight is 409 g/mol. The van der Waals surface area contributed by atoms with Crippen molar-refractivity contribution in [2.24, 2.45) is 0 Å². The molecule has 4 nitrogen and oxygen atoms in total. The van der Waals surface area contributed by atoms with Crippen molar-refractivity contribution in [2.75, 3.05) is 5.32 Å². The van der Waals surface area contributed by atoms with Gasteiger partial charge in [0, 0.05) is 11.3 Å². The van der Waals surface area contributed by atoms with E-state index in [4.69, 9.17) is 0 Å². The lowest BCUT2D eigenvalue weighted by molar-refractivity contribution is -0.137. The highest BCUT2D eigenvalue weighted by atomic mass is 32.2. The van der Waals surface area contributed by atoms with Crippen molar-refractivity contribution in [1.82, 2.24) is 10.2 Å². The van der Waals surface area contributed by atoms with Gasteiger partial charge in [0.1, 0.15) is 0 Å². The number of aryl methyl sites for hydroxylation is 1. The van der Waals surface area contributed by atoms with Gasteiger partial charge in [-0.3, -0.25) is 10.1 Å². The lowest BCUT2D eigenvalue weighted by Crippen LogP contribution is -2.11. The van der Waals surface area contributed by atoms with Crippen LogP contribution in [-0.4, -0.2) is 16.1 Å². The maximum Gasteiger partial charge on any atom is 0.416 e. The third kappa shape index (κ3) is 5.30. The number of hydrogen-bond donors (Lipinski definition) is 1. The van der Waals surface area contributed by atoms with Crippen LogP contribution in [0.1, 0.15) is 27.0 Å². The molecule has 1 amide bonds. The molecular weight excluding hydrogens is 395 g/mol. The quantitative estimate of drug-likeness (QED) is 0.452. The van der Waals surface area contributed by atoms with Crippen molar-refractivity contribution in [1.29, 1.82) is 0 Å². The number of aromatic nitrogens is 2. The van der Waals surface area contributed by atoms with E-state index in [1.54, 1.807) is 12.1 Å². The Bertz CT molecular complexity index is 922. The Hall–Kier alpha value is -2.39. The first-order valence-corrected chi connectivity index (χ1v) is 9.62. The van der Waals surface area contributed by atoms with Crippen molar-refractivity contribution in [3.8, 4) is 0 Å². The molecule has 3 rings (SSSR count). The largest absolute Gasteiger partial charge is 0.416 e. The number of amides is 1. The summed E-state index contributed by atoms with van der Waals surface area (Å²) in [6.07, 6.45) is -4.34. The number of hydrogen-bond acceptors (Lipinski definition) is 5. The summed E-state index contributed by atoms with van der Waals surface area (Å²) >= 11 is 2.56. The van der Waals surface area contributed by atoms with Gasteiger partial charge in [-0.15, -0.1) is 10.2 Å². The fourth-order valence-corrected chi connectivity index (χ4v) is 3.83. The molecule has 9 heteroatoms. The molecule has 0 atom stereocenters. The molecule has 2 aromatic carbocycles. The molecule has 0 bridgehead atoms. The second-order valence-corrected chi connectivity index (χ2v) is 7.88. The van der Waals surface area contributed by atoms with Crippen LogP contribution in [0.15, 0.2) is 52.9 Å². The van der Waals surface area contributed by atoms with E-state index in [9.17, 15) is 18.0 Å². The summed E-state index contributed by atoms with van der Waals surface area (Å²) in [5, 5.41) is 11.0. The van der Waals surface area contributed by atoms with Gasteiger partial charge in [0.25, 0.3) is 5.91 Å². The zero-order valence-corrected chi connectivity index (χ0v) is 15.7. The van der Waals surface area contributed by atoms with Gasteiger partial charge < -0.3 is 0 Å². The number of nitrogens with zero attached hydrogens (tertiary/aromatic N) is 2. The van der Waals surface area contributed by atoms with Gasteiger partial charge in [-0.05, 0) is 36.8 Å². The second kappa shape index (κ2) is 8.10. The number of carbonyl (C=O) groups is 1. The van der Waals surface area contributed by atoms with E-state index >= 15 is 0 Å². The number of carbonyl (C=O) groups excluding carboxylic acids is 1. The molecular formula is C18H14F3N3OS2. The summed E-state index contributed by atoms with van der Waals surface area (Å²) in [5.74, 6) is 0.184. The molecule has 0 fully saturated rings. The average Bonchev–Trinajstić information content (AvgIpc) is 3.07. The fraction of sp³-hybridized carbons (Fsp3) is 0.167. The molecule has 140 valence electrons. The summed E-state index contributed by atoms with van der Waals surface area (Å²) in [7, 11) is 0. The van der Waals surface area contributed by atoms with Gasteiger partial charge in [-0.2, -0.15) is 13.2 Å². The molecule has 0 aliphatic heterocycles. The van der Waals surface area contributed by atoms with Crippen molar-refractivity contribution in [2.45, 2.75) is 23.2 Å². The molecule has 0 aliphatic carbocycles. The van der Waals surface area contributed by atoms with Crippen LogP contribution in [0, 0.1) is 6.92 Å². The monoisotopic (exact) mass is 409 g/mol. The number of anilines is 1. The number of rotatable bonds is 5. The van der Waals surface area contributed by atoms with Crippen molar-refractivity contribution in [3.63, 3.8) is 0 Å². The zero-order chi connectivity index (χ0) is 19.4. The van der Waals surface area contributed by atoms with E-state index in [1.807, 2.05) is 19.1 Å². The number of thioether (sulfide) groups is 1. The maximum atomic E-state index is 12.6. The predicted octanol–water partition coefficient (Wildman–Crippen LogP) is 5.41. The first-order valence-electron chi connectivity index (χ1n) is 7.82. The molecule has 0 spiro atoms. The standard InChI is InChI=1S/C18H14F3N3OS2/c1-11-2-6-13(7-3-11)15(25)22-16-23-24-17(27-16)26-10-12-4-8-14(9-5-12)18(19,20)21/h2-9H,10H2,1H3,(H,22,23,25). The van der Waals surface area contributed by atoms with Gasteiger partial charge in [0.05, 0.1) is 5.56 Å². The zero-order valence-electron chi connectivity index (χ0n) is 14.1. The highest BCUT2D eigenvalue weighted by Gasteiger charge is 2.29. The second-order valence-electron chi connectivity index (χ2n) is 5.68. The van der Waals surface area contributed by atoms with E-state index in [-0.39, 0.29) is 5.91 Å². The van der Waals surface area contributed by atoms with Crippen molar-refractivity contribution in [3.05, 3.63) is 70.8 Å². The topological polar surface area (TPSA) is 54.9 Å². The van der Waals surface area contributed by atoms with E-state index in [2.05, 4.69) is 15.5 Å². The van der Waals surface area contributed by atoms with Crippen LogP contribution < -0.4 is 5.32 Å².